The number of ether oxygens (including phenoxy) is 1. The average Bonchev–Trinajstić information content (AvgIpc) is 2.98. The summed E-state index contributed by atoms with van der Waals surface area (Å²) in [7, 11) is 0. The van der Waals surface area contributed by atoms with E-state index >= 15 is 0 Å². The summed E-state index contributed by atoms with van der Waals surface area (Å²) < 4.78 is 21.3. The van der Waals surface area contributed by atoms with Gasteiger partial charge in [-0.15, -0.1) is 10.2 Å². The highest BCUT2D eigenvalue weighted by Gasteiger charge is 2.16. The Balaban J connectivity index is 1.62. The Morgan fingerprint density at radius 1 is 1.38 bits per heavy atom. The van der Waals surface area contributed by atoms with E-state index in [1.807, 2.05) is 24.4 Å². The number of fused-ring (bicyclic) bond motifs is 1. The van der Waals surface area contributed by atoms with Crippen LogP contribution in [0.15, 0.2) is 47.1 Å². The van der Waals surface area contributed by atoms with Crippen LogP contribution in [0.1, 0.15) is 18.8 Å². The van der Waals surface area contributed by atoms with E-state index in [4.69, 9.17) is 4.74 Å². The largest absolute Gasteiger partial charge is 0.481 e. The van der Waals surface area contributed by atoms with Crippen molar-refractivity contribution < 1.29 is 13.9 Å². The molecule has 8 heteroatoms. The molecule has 1 amide bonds. The maximum Gasteiger partial charge on any atom is 0.258 e. The van der Waals surface area contributed by atoms with Gasteiger partial charge in [-0.05, 0) is 37.3 Å². The molecule has 1 N–H and O–H groups in total. The van der Waals surface area contributed by atoms with Gasteiger partial charge in [-0.25, -0.2) is 4.39 Å². The van der Waals surface area contributed by atoms with Crippen LogP contribution in [0.3, 0.4) is 0 Å². The number of amides is 1. The standard InChI is InChI=1S/C16H14BrFN4O2/c1-10(16-21-20-14-4-2-3-7-22(14)16)19-15(23)9-24-13-6-5-11(17)8-12(13)18/h2-8,10H,9H2,1H3,(H,19,23). The van der Waals surface area contributed by atoms with Crippen molar-refractivity contribution in [2.75, 3.05) is 6.61 Å². The van der Waals surface area contributed by atoms with Crippen LogP contribution < -0.4 is 10.1 Å². The number of rotatable bonds is 5. The fraction of sp³-hybridized carbons (Fsp3) is 0.188. The monoisotopic (exact) mass is 392 g/mol. The van der Waals surface area contributed by atoms with Gasteiger partial charge >= 0.3 is 0 Å². The number of carbonyl (C=O) groups excluding carboxylic acids is 1. The van der Waals surface area contributed by atoms with Crippen LogP contribution in [-0.2, 0) is 4.79 Å². The first-order valence-corrected chi connectivity index (χ1v) is 8.01. The summed E-state index contributed by atoms with van der Waals surface area (Å²) in [6.45, 7) is 1.50. The molecule has 0 bridgehead atoms. The SMILES string of the molecule is CC(NC(=O)COc1ccc(Br)cc1F)c1nnc2ccccn12. The Kier molecular flexibility index (Phi) is 4.75. The van der Waals surface area contributed by atoms with Crippen molar-refractivity contribution in [2.45, 2.75) is 13.0 Å². The second-order valence-electron chi connectivity index (χ2n) is 5.14. The van der Waals surface area contributed by atoms with Crippen molar-refractivity contribution in [2.24, 2.45) is 0 Å². The minimum atomic E-state index is -0.534. The lowest BCUT2D eigenvalue weighted by Crippen LogP contribution is -2.32. The molecule has 1 aromatic carbocycles. The lowest BCUT2D eigenvalue weighted by Gasteiger charge is -2.13. The van der Waals surface area contributed by atoms with Crippen molar-refractivity contribution in [3.05, 3.63) is 58.7 Å². The van der Waals surface area contributed by atoms with Crippen LogP contribution in [0.25, 0.3) is 5.65 Å². The summed E-state index contributed by atoms with van der Waals surface area (Å²) in [5.41, 5.74) is 0.696. The molecule has 1 unspecified atom stereocenters. The Morgan fingerprint density at radius 2 is 2.21 bits per heavy atom. The van der Waals surface area contributed by atoms with Crippen molar-refractivity contribution >= 4 is 27.5 Å². The van der Waals surface area contributed by atoms with Crippen molar-refractivity contribution in [1.29, 1.82) is 0 Å². The van der Waals surface area contributed by atoms with Crippen molar-refractivity contribution in [3.8, 4) is 5.75 Å². The second-order valence-corrected chi connectivity index (χ2v) is 6.06. The van der Waals surface area contributed by atoms with E-state index in [0.717, 1.165) is 0 Å². The Bertz CT molecular complexity index is 883. The molecule has 2 aromatic heterocycles. The first-order chi connectivity index (χ1) is 11.5. The third-order valence-electron chi connectivity index (χ3n) is 3.36. The zero-order chi connectivity index (χ0) is 17.1. The second kappa shape index (κ2) is 6.96. The highest BCUT2D eigenvalue weighted by molar-refractivity contribution is 9.10. The number of halogens is 2. The molecule has 0 radical (unpaired) electrons. The Hall–Kier alpha value is -2.48. The molecule has 3 aromatic rings. The third-order valence-corrected chi connectivity index (χ3v) is 3.85. The summed E-state index contributed by atoms with van der Waals surface area (Å²) >= 11 is 3.16. The molecule has 2 heterocycles. The molecule has 3 rings (SSSR count). The van der Waals surface area contributed by atoms with E-state index in [2.05, 4.69) is 31.4 Å². The van der Waals surface area contributed by atoms with E-state index in [9.17, 15) is 9.18 Å². The number of hydrogen-bond donors (Lipinski definition) is 1. The number of benzene rings is 1. The van der Waals surface area contributed by atoms with Crippen LogP contribution in [0.2, 0.25) is 0 Å². The molecule has 24 heavy (non-hydrogen) atoms. The number of carbonyl (C=O) groups is 1. The highest BCUT2D eigenvalue weighted by atomic mass is 79.9. The van der Waals surface area contributed by atoms with Crippen LogP contribution in [0.4, 0.5) is 4.39 Å². The van der Waals surface area contributed by atoms with Gasteiger partial charge in [0.25, 0.3) is 5.91 Å². The average molecular weight is 393 g/mol. The molecular formula is C16H14BrFN4O2. The van der Waals surface area contributed by atoms with Gasteiger partial charge in [0, 0.05) is 10.7 Å². The minimum Gasteiger partial charge on any atom is -0.481 e. The van der Waals surface area contributed by atoms with Gasteiger partial charge in [0.1, 0.15) is 0 Å². The number of hydrogen-bond acceptors (Lipinski definition) is 4. The zero-order valence-corrected chi connectivity index (χ0v) is 14.3. The van der Waals surface area contributed by atoms with Gasteiger partial charge in [-0.1, -0.05) is 22.0 Å². The predicted octanol–water partition coefficient (Wildman–Crippen LogP) is 2.89. The normalized spacial score (nSPS) is 12.1. The molecule has 0 aliphatic carbocycles. The first kappa shape index (κ1) is 16.4. The van der Waals surface area contributed by atoms with E-state index in [0.29, 0.717) is 15.9 Å². The molecule has 0 saturated heterocycles. The summed E-state index contributed by atoms with van der Waals surface area (Å²) in [6, 6.07) is 9.55. The number of aromatic nitrogens is 3. The number of nitrogens with one attached hydrogen (secondary N) is 1. The summed E-state index contributed by atoms with van der Waals surface area (Å²) in [6.07, 6.45) is 1.82. The maximum absolute atomic E-state index is 13.7. The molecule has 0 saturated carbocycles. The van der Waals surface area contributed by atoms with Gasteiger partial charge in [-0.3, -0.25) is 9.20 Å². The third kappa shape index (κ3) is 3.53. The number of nitrogens with zero attached hydrogens (tertiary/aromatic N) is 3. The van der Waals surface area contributed by atoms with E-state index in [-0.39, 0.29) is 24.3 Å². The van der Waals surface area contributed by atoms with Gasteiger partial charge in [-0.2, -0.15) is 0 Å². The van der Waals surface area contributed by atoms with Crippen LogP contribution in [-0.4, -0.2) is 27.1 Å². The van der Waals surface area contributed by atoms with Crippen molar-refractivity contribution in [1.82, 2.24) is 19.9 Å². The van der Waals surface area contributed by atoms with Gasteiger partial charge < -0.3 is 10.1 Å². The highest BCUT2D eigenvalue weighted by Crippen LogP contribution is 2.21. The van der Waals surface area contributed by atoms with E-state index in [1.54, 1.807) is 17.4 Å². The quantitative estimate of drug-likeness (QED) is 0.724. The molecule has 124 valence electrons. The van der Waals surface area contributed by atoms with Crippen LogP contribution in [0, 0.1) is 5.82 Å². The minimum absolute atomic E-state index is 0.0222. The zero-order valence-electron chi connectivity index (χ0n) is 12.7. The Labute approximate surface area is 145 Å². The molecule has 0 spiro atoms. The molecule has 0 aliphatic heterocycles. The van der Waals surface area contributed by atoms with Crippen molar-refractivity contribution in [3.63, 3.8) is 0 Å². The van der Waals surface area contributed by atoms with E-state index < -0.39 is 5.82 Å². The fourth-order valence-electron chi connectivity index (χ4n) is 2.24. The van der Waals surface area contributed by atoms with Gasteiger partial charge in [0.05, 0.1) is 6.04 Å². The first-order valence-electron chi connectivity index (χ1n) is 7.21. The molecule has 1 atom stereocenters. The smallest absolute Gasteiger partial charge is 0.258 e. The summed E-state index contributed by atoms with van der Waals surface area (Å²) in [5, 5.41) is 10.9. The van der Waals surface area contributed by atoms with E-state index in [1.165, 1.54) is 12.1 Å². The van der Waals surface area contributed by atoms with Gasteiger partial charge in [0.2, 0.25) is 0 Å². The maximum atomic E-state index is 13.7. The number of pyridine rings is 1. The predicted molar refractivity (Wildman–Crippen MR) is 89.1 cm³/mol. The summed E-state index contributed by atoms with van der Waals surface area (Å²) in [4.78, 5) is 12.0. The topological polar surface area (TPSA) is 68.5 Å². The Morgan fingerprint density at radius 3 is 3.00 bits per heavy atom. The summed E-state index contributed by atoms with van der Waals surface area (Å²) in [5.74, 6) is -0.283. The molecule has 6 nitrogen and oxygen atoms in total. The lowest BCUT2D eigenvalue weighted by atomic mass is 10.3. The van der Waals surface area contributed by atoms with Gasteiger partial charge in [0.15, 0.2) is 29.6 Å². The van der Waals surface area contributed by atoms with Crippen LogP contribution >= 0.6 is 15.9 Å². The van der Waals surface area contributed by atoms with Crippen LogP contribution in [0.5, 0.6) is 5.75 Å². The molecule has 0 fully saturated rings. The lowest BCUT2D eigenvalue weighted by molar-refractivity contribution is -0.123. The molecule has 0 aliphatic rings. The fourth-order valence-corrected chi connectivity index (χ4v) is 2.57. The molecular weight excluding hydrogens is 379 g/mol.